The number of halogens is 4. The van der Waals surface area contributed by atoms with Gasteiger partial charge in [0, 0.05) is 11.8 Å². The standard InChI is InChI=1S/C19H12F4N2O5S/c1-31(28,29)14-8-4-11(5-9-14)15-10-24-25(18(27)30-19(21,22)23)17(26)16(15)12-2-6-13(20)7-3-12/h2-10H,1H3. The Hall–Kier alpha value is -3.54. The van der Waals surface area contributed by atoms with Gasteiger partial charge in [-0.15, -0.1) is 17.9 Å². The van der Waals surface area contributed by atoms with Crippen molar-refractivity contribution in [3.05, 3.63) is 70.9 Å². The van der Waals surface area contributed by atoms with Gasteiger partial charge in [0.15, 0.2) is 9.84 Å². The predicted molar refractivity (Wildman–Crippen MR) is 100 cm³/mol. The first kappa shape index (κ1) is 22.2. The van der Waals surface area contributed by atoms with Crippen LogP contribution in [0.15, 0.2) is 64.4 Å². The lowest BCUT2D eigenvalue weighted by Gasteiger charge is -2.13. The number of alkyl halides is 3. The molecule has 0 unspecified atom stereocenters. The molecule has 2 aromatic carbocycles. The van der Waals surface area contributed by atoms with E-state index in [0.29, 0.717) is 0 Å². The van der Waals surface area contributed by atoms with E-state index in [2.05, 4.69) is 9.84 Å². The monoisotopic (exact) mass is 456 g/mol. The lowest BCUT2D eigenvalue weighted by atomic mass is 9.97. The van der Waals surface area contributed by atoms with Gasteiger partial charge in [0.2, 0.25) is 0 Å². The molecular formula is C19H12F4N2O5S. The van der Waals surface area contributed by atoms with Crippen LogP contribution in [0.4, 0.5) is 22.4 Å². The highest BCUT2D eigenvalue weighted by molar-refractivity contribution is 7.90. The van der Waals surface area contributed by atoms with E-state index in [1.54, 1.807) is 0 Å². The molecule has 12 heteroatoms. The van der Waals surface area contributed by atoms with Crippen LogP contribution < -0.4 is 5.56 Å². The number of sulfone groups is 1. The summed E-state index contributed by atoms with van der Waals surface area (Å²) in [4.78, 5) is 24.6. The van der Waals surface area contributed by atoms with Gasteiger partial charge in [-0.1, -0.05) is 24.3 Å². The van der Waals surface area contributed by atoms with Crippen LogP contribution in [-0.4, -0.2) is 36.9 Å². The van der Waals surface area contributed by atoms with Crippen LogP contribution in [0.1, 0.15) is 0 Å². The van der Waals surface area contributed by atoms with E-state index in [1.165, 1.54) is 36.4 Å². The van der Waals surface area contributed by atoms with E-state index < -0.39 is 33.7 Å². The highest BCUT2D eigenvalue weighted by atomic mass is 32.2. The molecule has 0 spiro atoms. The Bertz CT molecular complexity index is 1300. The molecule has 0 atom stereocenters. The molecule has 0 saturated carbocycles. The Labute approximate surface area is 172 Å². The Morgan fingerprint density at radius 3 is 2.06 bits per heavy atom. The Morgan fingerprint density at radius 2 is 1.55 bits per heavy atom. The van der Waals surface area contributed by atoms with Crippen LogP contribution in [0.5, 0.6) is 0 Å². The molecule has 3 aromatic rings. The number of carbonyl (C=O) groups excluding carboxylic acids is 1. The summed E-state index contributed by atoms with van der Waals surface area (Å²) in [5.74, 6) is -0.631. The molecule has 0 saturated heterocycles. The van der Waals surface area contributed by atoms with E-state index in [9.17, 15) is 35.6 Å². The molecule has 7 nitrogen and oxygen atoms in total. The third-order valence-electron chi connectivity index (χ3n) is 4.08. The SMILES string of the molecule is CS(=O)(=O)c1ccc(-c2cnn(C(=O)OC(F)(F)F)c(=O)c2-c2ccc(F)cc2)cc1. The number of hydrogen-bond acceptors (Lipinski definition) is 6. The van der Waals surface area contributed by atoms with Crippen molar-refractivity contribution < 1.29 is 35.5 Å². The average molecular weight is 456 g/mol. The third kappa shape index (κ3) is 4.97. The van der Waals surface area contributed by atoms with Crippen LogP contribution in [0, 0.1) is 5.82 Å². The molecular weight excluding hydrogens is 444 g/mol. The number of aromatic nitrogens is 2. The second kappa shape index (κ2) is 7.95. The van der Waals surface area contributed by atoms with Crippen LogP contribution in [0.3, 0.4) is 0 Å². The molecule has 0 bridgehead atoms. The van der Waals surface area contributed by atoms with E-state index in [0.717, 1.165) is 24.6 Å². The van der Waals surface area contributed by atoms with E-state index in [1.807, 2.05) is 0 Å². The highest BCUT2D eigenvalue weighted by Crippen LogP contribution is 2.30. The molecule has 1 aromatic heterocycles. The quantitative estimate of drug-likeness (QED) is 0.559. The number of rotatable bonds is 3. The van der Waals surface area contributed by atoms with E-state index in [-0.39, 0.29) is 31.8 Å². The Balaban J connectivity index is 2.22. The van der Waals surface area contributed by atoms with Crippen LogP contribution in [0.2, 0.25) is 0 Å². The molecule has 0 amide bonds. The summed E-state index contributed by atoms with van der Waals surface area (Å²) >= 11 is 0. The molecule has 0 aliphatic heterocycles. The van der Waals surface area contributed by atoms with Gasteiger partial charge in [0.25, 0.3) is 5.56 Å². The van der Waals surface area contributed by atoms with Gasteiger partial charge in [0.05, 0.1) is 16.7 Å². The summed E-state index contributed by atoms with van der Waals surface area (Å²) in [5.41, 5.74) is -1.06. The summed E-state index contributed by atoms with van der Waals surface area (Å²) in [5, 5.41) is 3.45. The van der Waals surface area contributed by atoms with Crippen molar-refractivity contribution in [2.75, 3.05) is 6.26 Å². The molecule has 0 N–H and O–H groups in total. The molecule has 0 fully saturated rings. The Morgan fingerprint density at radius 1 is 1.00 bits per heavy atom. The molecule has 1 heterocycles. The van der Waals surface area contributed by atoms with Gasteiger partial charge < -0.3 is 4.74 Å². The molecule has 3 rings (SSSR count). The summed E-state index contributed by atoms with van der Waals surface area (Å²) < 4.78 is 76.9. The van der Waals surface area contributed by atoms with Gasteiger partial charge in [0.1, 0.15) is 5.82 Å². The fourth-order valence-corrected chi connectivity index (χ4v) is 3.35. The van der Waals surface area contributed by atoms with Crippen molar-refractivity contribution in [3.63, 3.8) is 0 Å². The van der Waals surface area contributed by atoms with Gasteiger partial charge in [-0.3, -0.25) is 4.79 Å². The van der Waals surface area contributed by atoms with Gasteiger partial charge in [-0.25, -0.2) is 17.6 Å². The van der Waals surface area contributed by atoms with Crippen molar-refractivity contribution in [1.29, 1.82) is 0 Å². The first-order valence-electron chi connectivity index (χ1n) is 8.35. The number of carbonyl (C=O) groups is 1. The Kier molecular flexibility index (Phi) is 5.68. The second-order valence-corrected chi connectivity index (χ2v) is 8.28. The molecule has 31 heavy (non-hydrogen) atoms. The molecule has 0 aliphatic carbocycles. The number of benzene rings is 2. The second-order valence-electron chi connectivity index (χ2n) is 6.27. The summed E-state index contributed by atoms with van der Waals surface area (Å²) in [6.45, 7) is 0. The lowest BCUT2D eigenvalue weighted by molar-refractivity contribution is -0.291. The van der Waals surface area contributed by atoms with Gasteiger partial charge >= 0.3 is 12.5 Å². The third-order valence-corrected chi connectivity index (χ3v) is 5.21. The van der Waals surface area contributed by atoms with Crippen molar-refractivity contribution in [2.24, 2.45) is 0 Å². The summed E-state index contributed by atoms with van der Waals surface area (Å²) in [6.07, 6.45) is -5.46. The highest BCUT2D eigenvalue weighted by Gasteiger charge is 2.36. The van der Waals surface area contributed by atoms with Crippen LogP contribution >= 0.6 is 0 Å². The smallest absolute Gasteiger partial charge is 0.354 e. The average Bonchev–Trinajstić information content (AvgIpc) is 2.66. The first-order chi connectivity index (χ1) is 14.4. The summed E-state index contributed by atoms with van der Waals surface area (Å²) in [6, 6.07) is 9.68. The zero-order chi connectivity index (χ0) is 23.0. The first-order valence-corrected chi connectivity index (χ1v) is 10.2. The predicted octanol–water partition coefficient (Wildman–Crippen LogP) is 3.62. The van der Waals surface area contributed by atoms with Crippen molar-refractivity contribution in [1.82, 2.24) is 9.78 Å². The minimum Gasteiger partial charge on any atom is -0.354 e. The molecule has 162 valence electrons. The largest absolute Gasteiger partial charge is 0.576 e. The van der Waals surface area contributed by atoms with Crippen LogP contribution in [0.25, 0.3) is 22.3 Å². The van der Waals surface area contributed by atoms with E-state index >= 15 is 0 Å². The van der Waals surface area contributed by atoms with E-state index in [4.69, 9.17) is 0 Å². The number of nitrogens with zero attached hydrogens (tertiary/aromatic N) is 2. The van der Waals surface area contributed by atoms with Crippen LogP contribution in [-0.2, 0) is 14.6 Å². The fourth-order valence-electron chi connectivity index (χ4n) is 2.72. The summed E-state index contributed by atoms with van der Waals surface area (Å²) in [7, 11) is -3.50. The maximum Gasteiger partial charge on any atom is 0.576 e. The number of ether oxygens (including phenoxy) is 1. The van der Waals surface area contributed by atoms with Gasteiger partial charge in [-0.05, 0) is 35.4 Å². The fraction of sp³-hybridized carbons (Fsp3) is 0.105. The number of hydrogen-bond donors (Lipinski definition) is 0. The molecule has 0 aliphatic rings. The zero-order valence-corrected chi connectivity index (χ0v) is 16.4. The molecule has 0 radical (unpaired) electrons. The minimum absolute atomic E-state index is 0.00496. The minimum atomic E-state index is -5.34. The van der Waals surface area contributed by atoms with Crippen molar-refractivity contribution in [3.8, 4) is 22.3 Å². The lowest BCUT2D eigenvalue weighted by Crippen LogP contribution is -2.34. The topological polar surface area (TPSA) is 95.3 Å². The van der Waals surface area contributed by atoms with Crippen molar-refractivity contribution >= 4 is 15.9 Å². The zero-order valence-electron chi connectivity index (χ0n) is 15.6. The maximum atomic E-state index is 13.3. The maximum absolute atomic E-state index is 13.3. The van der Waals surface area contributed by atoms with Gasteiger partial charge in [-0.2, -0.15) is 5.10 Å². The normalized spacial score (nSPS) is 11.9. The van der Waals surface area contributed by atoms with Crippen molar-refractivity contribution in [2.45, 2.75) is 11.3 Å².